The van der Waals surface area contributed by atoms with Crippen LogP contribution in [0.1, 0.15) is 5.56 Å². The molecular formula is C13H12ClN5O. The summed E-state index contributed by atoms with van der Waals surface area (Å²) in [6.07, 6.45) is 1.64. The van der Waals surface area contributed by atoms with Gasteiger partial charge < -0.3 is 10.5 Å². The highest BCUT2D eigenvalue weighted by molar-refractivity contribution is 6.34. The van der Waals surface area contributed by atoms with Crippen molar-refractivity contribution >= 4 is 28.6 Å². The molecule has 7 heteroatoms. The first-order valence-electron chi connectivity index (χ1n) is 5.95. The third-order valence-corrected chi connectivity index (χ3v) is 3.22. The molecule has 6 nitrogen and oxygen atoms in total. The second kappa shape index (κ2) is 4.97. The Morgan fingerprint density at radius 1 is 1.35 bits per heavy atom. The van der Waals surface area contributed by atoms with Gasteiger partial charge in [0.25, 0.3) is 0 Å². The van der Waals surface area contributed by atoms with E-state index < -0.39 is 0 Å². The fraction of sp³-hybridized carbons (Fsp3) is 0.154. The smallest absolute Gasteiger partial charge is 0.223 e. The lowest BCUT2D eigenvalue weighted by molar-refractivity contribution is 0.414. The van der Waals surface area contributed by atoms with Gasteiger partial charge in [-0.1, -0.05) is 23.7 Å². The number of hydrogen-bond donors (Lipinski definition) is 1. The van der Waals surface area contributed by atoms with Gasteiger partial charge in [-0.25, -0.2) is 9.67 Å². The molecule has 0 atom stereocenters. The van der Waals surface area contributed by atoms with Crippen LogP contribution in [0, 0.1) is 0 Å². The molecule has 0 spiro atoms. The lowest BCUT2D eigenvalue weighted by atomic mass is 10.2. The topological polar surface area (TPSA) is 78.8 Å². The second-order valence-electron chi connectivity index (χ2n) is 4.26. The minimum Gasteiger partial charge on any atom is -0.497 e. The largest absolute Gasteiger partial charge is 0.497 e. The summed E-state index contributed by atoms with van der Waals surface area (Å²) in [4.78, 5) is 8.09. The van der Waals surface area contributed by atoms with E-state index >= 15 is 0 Å². The molecule has 0 aliphatic rings. The van der Waals surface area contributed by atoms with Gasteiger partial charge in [-0.15, -0.1) is 0 Å². The molecule has 0 unspecified atom stereocenters. The summed E-state index contributed by atoms with van der Waals surface area (Å²) in [5, 5.41) is 5.28. The monoisotopic (exact) mass is 289 g/mol. The van der Waals surface area contributed by atoms with E-state index in [4.69, 9.17) is 22.1 Å². The third kappa shape index (κ3) is 2.25. The lowest BCUT2D eigenvalue weighted by Crippen LogP contribution is -2.04. The number of fused-ring (bicyclic) bond motifs is 1. The number of halogens is 1. The molecule has 0 bridgehead atoms. The van der Waals surface area contributed by atoms with E-state index in [1.54, 1.807) is 18.0 Å². The van der Waals surface area contributed by atoms with Crippen molar-refractivity contribution in [2.45, 2.75) is 6.54 Å². The second-order valence-corrected chi connectivity index (χ2v) is 4.62. The van der Waals surface area contributed by atoms with Crippen LogP contribution in [0.2, 0.25) is 5.15 Å². The average molecular weight is 290 g/mol. The first-order valence-corrected chi connectivity index (χ1v) is 6.32. The van der Waals surface area contributed by atoms with Crippen molar-refractivity contribution in [3.05, 3.63) is 41.2 Å². The summed E-state index contributed by atoms with van der Waals surface area (Å²) in [5.74, 6) is 0.932. The number of hydrogen-bond acceptors (Lipinski definition) is 5. The van der Waals surface area contributed by atoms with Crippen LogP contribution in [0.3, 0.4) is 0 Å². The van der Waals surface area contributed by atoms with Crippen molar-refractivity contribution < 1.29 is 4.74 Å². The number of nitrogens with two attached hydrogens (primary N) is 1. The maximum Gasteiger partial charge on any atom is 0.223 e. The summed E-state index contributed by atoms with van der Waals surface area (Å²) in [6.45, 7) is 0.549. The van der Waals surface area contributed by atoms with Crippen LogP contribution in [0.4, 0.5) is 5.95 Å². The molecule has 0 saturated heterocycles. The van der Waals surface area contributed by atoms with Crippen molar-refractivity contribution in [2.24, 2.45) is 0 Å². The summed E-state index contributed by atoms with van der Waals surface area (Å²) in [7, 11) is 1.64. The zero-order valence-corrected chi connectivity index (χ0v) is 11.5. The number of ether oxygens (including phenoxy) is 1. The molecule has 2 N–H and O–H groups in total. The van der Waals surface area contributed by atoms with Gasteiger partial charge >= 0.3 is 0 Å². The van der Waals surface area contributed by atoms with Crippen LogP contribution in [0.25, 0.3) is 11.0 Å². The highest BCUT2D eigenvalue weighted by Gasteiger charge is 2.10. The molecule has 0 aliphatic carbocycles. The number of nitrogens with zero attached hydrogens (tertiary/aromatic N) is 4. The maximum absolute atomic E-state index is 6.02. The molecule has 2 heterocycles. The molecular weight excluding hydrogens is 278 g/mol. The Morgan fingerprint density at radius 2 is 2.20 bits per heavy atom. The van der Waals surface area contributed by atoms with Gasteiger partial charge in [0, 0.05) is 0 Å². The zero-order valence-electron chi connectivity index (χ0n) is 10.7. The quantitative estimate of drug-likeness (QED) is 0.747. The van der Waals surface area contributed by atoms with E-state index in [0.29, 0.717) is 22.7 Å². The van der Waals surface area contributed by atoms with E-state index in [-0.39, 0.29) is 5.95 Å². The van der Waals surface area contributed by atoms with Gasteiger partial charge in [0.1, 0.15) is 10.9 Å². The third-order valence-electron chi connectivity index (χ3n) is 2.93. The fourth-order valence-electron chi connectivity index (χ4n) is 2.00. The minimum absolute atomic E-state index is 0.134. The van der Waals surface area contributed by atoms with E-state index in [0.717, 1.165) is 11.3 Å². The maximum atomic E-state index is 6.02. The first kappa shape index (κ1) is 12.7. The van der Waals surface area contributed by atoms with Crippen molar-refractivity contribution in [1.82, 2.24) is 19.7 Å². The van der Waals surface area contributed by atoms with Crippen LogP contribution in [-0.4, -0.2) is 26.9 Å². The van der Waals surface area contributed by atoms with Gasteiger partial charge in [-0.05, 0) is 17.7 Å². The highest BCUT2D eigenvalue weighted by atomic mass is 35.5. The number of aromatic nitrogens is 4. The van der Waals surface area contributed by atoms with Crippen LogP contribution < -0.4 is 10.5 Å². The zero-order chi connectivity index (χ0) is 14.1. The van der Waals surface area contributed by atoms with Gasteiger partial charge in [-0.3, -0.25) is 0 Å². The number of nitrogen functional groups attached to an aromatic ring is 1. The van der Waals surface area contributed by atoms with E-state index in [1.807, 2.05) is 24.3 Å². The molecule has 20 heavy (non-hydrogen) atoms. The van der Waals surface area contributed by atoms with Crippen LogP contribution >= 0.6 is 11.6 Å². The Labute approximate surface area is 120 Å². The van der Waals surface area contributed by atoms with Crippen molar-refractivity contribution in [1.29, 1.82) is 0 Å². The molecule has 0 amide bonds. The number of rotatable bonds is 3. The van der Waals surface area contributed by atoms with Crippen molar-refractivity contribution in [3.63, 3.8) is 0 Å². The van der Waals surface area contributed by atoms with E-state index in [2.05, 4.69) is 15.1 Å². The fourth-order valence-corrected chi connectivity index (χ4v) is 2.22. The number of benzene rings is 1. The Balaban J connectivity index is 2.02. The minimum atomic E-state index is 0.134. The van der Waals surface area contributed by atoms with Gasteiger partial charge in [-0.2, -0.15) is 10.1 Å². The van der Waals surface area contributed by atoms with E-state index in [1.165, 1.54) is 0 Å². The summed E-state index contributed by atoms with van der Waals surface area (Å²) in [5.41, 5.74) is 7.28. The molecule has 1 aromatic carbocycles. The average Bonchev–Trinajstić information content (AvgIpc) is 2.82. The molecule has 0 radical (unpaired) electrons. The standard InChI is InChI=1S/C13H12ClN5O/c1-20-9-4-2-3-8(5-9)7-19-12-10(6-16-19)11(14)17-13(15)18-12/h2-6H,7H2,1H3,(H2,15,17,18). The van der Waals surface area contributed by atoms with Gasteiger partial charge in [0.15, 0.2) is 5.65 Å². The summed E-state index contributed by atoms with van der Waals surface area (Å²) >= 11 is 6.02. The van der Waals surface area contributed by atoms with Crippen LogP contribution in [0.15, 0.2) is 30.5 Å². The number of methoxy groups -OCH3 is 1. The van der Waals surface area contributed by atoms with Gasteiger partial charge in [0.2, 0.25) is 5.95 Å². The number of anilines is 1. The summed E-state index contributed by atoms with van der Waals surface area (Å²) in [6, 6.07) is 7.75. The normalized spacial score (nSPS) is 10.9. The van der Waals surface area contributed by atoms with Gasteiger partial charge in [0.05, 0.1) is 25.2 Å². The predicted molar refractivity (Wildman–Crippen MR) is 76.8 cm³/mol. The van der Waals surface area contributed by atoms with Crippen LogP contribution in [-0.2, 0) is 6.54 Å². The van der Waals surface area contributed by atoms with Crippen LogP contribution in [0.5, 0.6) is 5.75 Å². The Bertz CT molecular complexity index is 771. The predicted octanol–water partition coefficient (Wildman–Crippen LogP) is 2.12. The lowest BCUT2D eigenvalue weighted by Gasteiger charge is -2.06. The first-order chi connectivity index (χ1) is 9.67. The molecule has 3 aromatic rings. The summed E-state index contributed by atoms with van der Waals surface area (Å²) < 4.78 is 6.93. The molecule has 0 fully saturated rings. The van der Waals surface area contributed by atoms with Crippen molar-refractivity contribution in [3.8, 4) is 5.75 Å². The van der Waals surface area contributed by atoms with E-state index in [9.17, 15) is 0 Å². The Kier molecular flexibility index (Phi) is 3.15. The Morgan fingerprint density at radius 3 is 3.00 bits per heavy atom. The molecule has 3 rings (SSSR count). The molecule has 2 aromatic heterocycles. The van der Waals surface area contributed by atoms with Crippen molar-refractivity contribution in [2.75, 3.05) is 12.8 Å². The molecule has 0 aliphatic heterocycles. The highest BCUT2D eigenvalue weighted by Crippen LogP contribution is 2.22. The molecule has 0 saturated carbocycles. The Hall–Kier alpha value is -2.34. The molecule has 102 valence electrons. The SMILES string of the molecule is COc1cccc(Cn2ncc3c(Cl)nc(N)nc32)c1.